The van der Waals surface area contributed by atoms with Gasteiger partial charge in [0.15, 0.2) is 0 Å². The van der Waals surface area contributed by atoms with Crippen molar-refractivity contribution in [3.8, 4) is 0 Å². The van der Waals surface area contributed by atoms with Gasteiger partial charge in [-0.1, -0.05) is 20.8 Å². The lowest BCUT2D eigenvalue weighted by atomic mass is 9.81. The van der Waals surface area contributed by atoms with E-state index in [1.54, 1.807) is 6.26 Å². The number of ether oxygens (including phenoxy) is 1. The fourth-order valence-electron chi connectivity index (χ4n) is 2.82. The van der Waals surface area contributed by atoms with Gasteiger partial charge in [-0.15, -0.1) is 0 Å². The first kappa shape index (κ1) is 15.1. The number of hydrogen-bond acceptors (Lipinski definition) is 3. The Bertz CT molecular complexity index is 419. The summed E-state index contributed by atoms with van der Waals surface area (Å²) in [5, 5.41) is 3.03. The van der Waals surface area contributed by atoms with Crippen molar-refractivity contribution in [3.05, 3.63) is 24.2 Å². The molecule has 112 valence electrons. The lowest BCUT2D eigenvalue weighted by molar-refractivity contribution is -0.121. The summed E-state index contributed by atoms with van der Waals surface area (Å²) in [7, 11) is 0. The molecule has 0 aliphatic carbocycles. The van der Waals surface area contributed by atoms with Crippen molar-refractivity contribution < 1.29 is 13.9 Å². The highest BCUT2D eigenvalue weighted by molar-refractivity contribution is 5.76. The van der Waals surface area contributed by atoms with Crippen molar-refractivity contribution in [2.45, 2.75) is 46.1 Å². The Morgan fingerprint density at radius 3 is 2.90 bits per heavy atom. The van der Waals surface area contributed by atoms with Crippen LogP contribution in [-0.2, 0) is 16.0 Å². The van der Waals surface area contributed by atoms with Crippen molar-refractivity contribution in [2.24, 2.45) is 11.3 Å². The van der Waals surface area contributed by atoms with Gasteiger partial charge in [0.25, 0.3) is 0 Å². The second-order valence-electron chi connectivity index (χ2n) is 6.59. The van der Waals surface area contributed by atoms with E-state index in [1.807, 2.05) is 12.1 Å². The Balaban J connectivity index is 1.73. The minimum absolute atomic E-state index is 0.0842. The number of furan rings is 1. The van der Waals surface area contributed by atoms with E-state index in [4.69, 9.17) is 9.15 Å². The van der Waals surface area contributed by atoms with Crippen molar-refractivity contribution in [3.63, 3.8) is 0 Å². The molecule has 20 heavy (non-hydrogen) atoms. The molecular formula is C16H25NO3. The van der Waals surface area contributed by atoms with E-state index in [9.17, 15) is 4.79 Å². The molecule has 0 saturated carbocycles. The molecule has 0 bridgehead atoms. The summed E-state index contributed by atoms with van der Waals surface area (Å²) in [5.41, 5.74) is 0.125. The van der Waals surface area contributed by atoms with Crippen LogP contribution in [0.4, 0.5) is 0 Å². The largest absolute Gasteiger partial charge is 0.469 e. The zero-order chi connectivity index (χ0) is 14.6. The minimum Gasteiger partial charge on any atom is -0.469 e. The van der Waals surface area contributed by atoms with E-state index in [1.165, 1.54) is 0 Å². The van der Waals surface area contributed by atoms with E-state index in [2.05, 4.69) is 26.1 Å². The fraction of sp³-hybridized carbons (Fsp3) is 0.688. The van der Waals surface area contributed by atoms with Crippen molar-refractivity contribution in [1.82, 2.24) is 5.32 Å². The van der Waals surface area contributed by atoms with E-state index in [-0.39, 0.29) is 17.4 Å². The molecule has 0 unspecified atom stereocenters. The molecule has 1 saturated heterocycles. The Morgan fingerprint density at radius 1 is 1.45 bits per heavy atom. The van der Waals surface area contributed by atoms with Crippen LogP contribution in [0.25, 0.3) is 0 Å². The first-order valence-electron chi connectivity index (χ1n) is 7.37. The van der Waals surface area contributed by atoms with Crippen LogP contribution in [0.3, 0.4) is 0 Å². The zero-order valence-corrected chi connectivity index (χ0v) is 12.6. The number of carbonyl (C=O) groups excluding carboxylic acids is 1. The van der Waals surface area contributed by atoms with Crippen LogP contribution in [0, 0.1) is 11.3 Å². The molecule has 1 N–H and O–H groups in total. The number of amides is 1. The van der Waals surface area contributed by atoms with Crippen molar-refractivity contribution in [1.29, 1.82) is 0 Å². The van der Waals surface area contributed by atoms with Gasteiger partial charge < -0.3 is 14.5 Å². The van der Waals surface area contributed by atoms with Gasteiger partial charge in [-0.3, -0.25) is 4.79 Å². The Labute approximate surface area is 120 Å². The van der Waals surface area contributed by atoms with Gasteiger partial charge >= 0.3 is 0 Å². The van der Waals surface area contributed by atoms with Crippen LogP contribution in [0.5, 0.6) is 0 Å². The maximum Gasteiger partial charge on any atom is 0.220 e. The van der Waals surface area contributed by atoms with Gasteiger partial charge in [0.1, 0.15) is 5.76 Å². The molecule has 1 aliphatic heterocycles. The molecule has 0 aromatic carbocycles. The summed E-state index contributed by atoms with van der Waals surface area (Å²) < 4.78 is 11.0. The number of hydrogen-bond donors (Lipinski definition) is 1. The first-order valence-corrected chi connectivity index (χ1v) is 7.37. The average molecular weight is 279 g/mol. The number of rotatable bonds is 5. The van der Waals surface area contributed by atoms with Gasteiger partial charge in [0, 0.05) is 31.9 Å². The highest BCUT2D eigenvalue weighted by atomic mass is 16.5. The Hall–Kier alpha value is -1.29. The third-order valence-electron chi connectivity index (χ3n) is 3.81. The van der Waals surface area contributed by atoms with E-state index >= 15 is 0 Å². The quantitative estimate of drug-likeness (QED) is 0.901. The van der Waals surface area contributed by atoms with Gasteiger partial charge in [0.2, 0.25) is 5.91 Å². The molecule has 1 aliphatic rings. The zero-order valence-electron chi connectivity index (χ0n) is 12.6. The topological polar surface area (TPSA) is 51.5 Å². The summed E-state index contributed by atoms with van der Waals surface area (Å²) in [5.74, 6) is 1.36. The third-order valence-corrected chi connectivity index (χ3v) is 3.81. The van der Waals surface area contributed by atoms with Crippen LogP contribution < -0.4 is 5.32 Å². The van der Waals surface area contributed by atoms with Crippen LogP contribution >= 0.6 is 0 Å². The molecule has 4 heteroatoms. The lowest BCUT2D eigenvalue weighted by Gasteiger charge is -2.31. The number of carbonyl (C=O) groups is 1. The molecule has 0 radical (unpaired) electrons. The molecule has 1 amide bonds. The van der Waals surface area contributed by atoms with Gasteiger partial charge in [-0.05, 0) is 24.0 Å². The monoisotopic (exact) mass is 279 g/mol. The van der Waals surface area contributed by atoms with Crippen LogP contribution in [0.1, 0.15) is 39.4 Å². The van der Waals surface area contributed by atoms with E-state index in [0.717, 1.165) is 18.8 Å². The first-order chi connectivity index (χ1) is 9.47. The Kier molecular flexibility index (Phi) is 4.86. The van der Waals surface area contributed by atoms with E-state index < -0.39 is 0 Å². The maximum absolute atomic E-state index is 11.9. The van der Waals surface area contributed by atoms with Crippen LogP contribution in [0.15, 0.2) is 22.8 Å². The summed E-state index contributed by atoms with van der Waals surface area (Å²) in [6.45, 7) is 8.08. The number of aryl methyl sites for hydroxylation is 1. The predicted molar refractivity (Wildman–Crippen MR) is 77.3 cm³/mol. The average Bonchev–Trinajstić information content (AvgIpc) is 3.03. The summed E-state index contributed by atoms with van der Waals surface area (Å²) >= 11 is 0. The molecule has 2 rings (SSSR count). The minimum atomic E-state index is 0.0842. The number of nitrogens with one attached hydrogen (secondary N) is 1. The maximum atomic E-state index is 11.9. The second-order valence-corrected chi connectivity index (χ2v) is 6.59. The predicted octanol–water partition coefficient (Wildman–Crippen LogP) is 2.78. The highest BCUT2D eigenvalue weighted by Gasteiger charge is 2.37. The normalized spacial score (nSPS) is 22.9. The standard InChI is InChI=1S/C16H25NO3/c1-16(2,3)15-12(8-10-20-15)11-17-14(18)7-6-13-5-4-9-19-13/h4-5,9,12,15H,6-8,10-11H2,1-3H3,(H,17,18)/t12-,15+/m1/s1. The second kappa shape index (κ2) is 6.44. The third kappa shape index (κ3) is 4.10. The van der Waals surface area contributed by atoms with Gasteiger partial charge in [-0.2, -0.15) is 0 Å². The summed E-state index contributed by atoms with van der Waals surface area (Å²) in [6.07, 6.45) is 4.02. The van der Waals surface area contributed by atoms with Crippen LogP contribution in [-0.4, -0.2) is 25.2 Å². The van der Waals surface area contributed by atoms with Crippen LogP contribution in [0.2, 0.25) is 0 Å². The molecule has 4 nitrogen and oxygen atoms in total. The molecular weight excluding hydrogens is 254 g/mol. The summed E-state index contributed by atoms with van der Waals surface area (Å²) in [6, 6.07) is 3.74. The SMILES string of the molecule is CC(C)(C)[C@H]1OCC[C@@H]1CNC(=O)CCc1ccco1. The van der Waals surface area contributed by atoms with Gasteiger partial charge in [0.05, 0.1) is 12.4 Å². The molecule has 1 fully saturated rings. The molecule has 0 spiro atoms. The van der Waals surface area contributed by atoms with Crippen molar-refractivity contribution >= 4 is 5.91 Å². The van der Waals surface area contributed by atoms with E-state index in [0.29, 0.717) is 25.3 Å². The van der Waals surface area contributed by atoms with Crippen molar-refractivity contribution in [2.75, 3.05) is 13.2 Å². The fourth-order valence-corrected chi connectivity index (χ4v) is 2.82. The smallest absolute Gasteiger partial charge is 0.220 e. The molecule has 1 aromatic rings. The lowest BCUT2D eigenvalue weighted by Crippen LogP contribution is -2.38. The van der Waals surface area contributed by atoms with Gasteiger partial charge in [-0.25, -0.2) is 0 Å². The summed E-state index contributed by atoms with van der Waals surface area (Å²) in [4.78, 5) is 11.9. The molecule has 2 heterocycles. The molecule has 1 aromatic heterocycles. The Morgan fingerprint density at radius 2 is 2.25 bits per heavy atom. The molecule has 2 atom stereocenters. The highest BCUT2D eigenvalue weighted by Crippen LogP contribution is 2.34.